The molecular weight excluding hydrogens is 350 g/mol. The number of benzene rings is 2. The molecule has 0 saturated heterocycles. The number of allylic oxidation sites excluding steroid dienone is 1. The number of hydrogen-bond acceptors (Lipinski definition) is 3. The molecule has 0 unspecified atom stereocenters. The Morgan fingerprint density at radius 3 is 2.52 bits per heavy atom. The van der Waals surface area contributed by atoms with Crippen LogP contribution in [0.4, 0.5) is 0 Å². The molecule has 2 aromatic carbocycles. The predicted octanol–water partition coefficient (Wildman–Crippen LogP) is 6.08. The highest BCUT2D eigenvalue weighted by Crippen LogP contribution is 2.30. The highest BCUT2D eigenvalue weighted by Gasteiger charge is 2.13. The first kappa shape index (κ1) is 17.3. The van der Waals surface area contributed by atoms with E-state index < -0.39 is 0 Å². The molecule has 0 spiro atoms. The Hall–Kier alpha value is -3.16. The first-order valence-electron chi connectivity index (χ1n) is 8.80. The summed E-state index contributed by atoms with van der Waals surface area (Å²) in [6, 6.07) is 20.9. The number of aryl methyl sites for hydroxylation is 2. The molecule has 0 N–H and O–H groups in total. The molecule has 27 heavy (non-hydrogen) atoms. The van der Waals surface area contributed by atoms with E-state index in [-0.39, 0.29) is 0 Å². The molecule has 0 atom stereocenters. The lowest BCUT2D eigenvalue weighted by atomic mass is 10.1. The summed E-state index contributed by atoms with van der Waals surface area (Å²) < 4.78 is 3.32. The fraction of sp³-hybridized carbons (Fsp3) is 0.130. The summed E-state index contributed by atoms with van der Waals surface area (Å²) in [7, 11) is 0. The third kappa shape index (κ3) is 3.18. The van der Waals surface area contributed by atoms with E-state index in [2.05, 4.69) is 66.7 Å². The first-order valence-corrected chi connectivity index (χ1v) is 9.62. The largest absolute Gasteiger partial charge is 0.318 e. The van der Waals surface area contributed by atoms with Gasteiger partial charge in [-0.15, -0.1) is 11.3 Å². The highest BCUT2D eigenvalue weighted by molar-refractivity contribution is 7.19. The van der Waals surface area contributed by atoms with Crippen molar-refractivity contribution in [1.82, 2.24) is 9.55 Å². The van der Waals surface area contributed by atoms with Crippen LogP contribution in [0.5, 0.6) is 0 Å². The van der Waals surface area contributed by atoms with Crippen molar-refractivity contribution in [2.45, 2.75) is 20.8 Å². The van der Waals surface area contributed by atoms with Crippen molar-refractivity contribution in [3.8, 4) is 11.8 Å². The molecule has 0 amide bonds. The second kappa shape index (κ2) is 6.86. The van der Waals surface area contributed by atoms with Crippen molar-refractivity contribution in [2.24, 2.45) is 0 Å². The van der Waals surface area contributed by atoms with Gasteiger partial charge in [0.2, 0.25) is 0 Å². The zero-order valence-corrected chi connectivity index (χ0v) is 16.3. The van der Waals surface area contributed by atoms with Gasteiger partial charge >= 0.3 is 0 Å². The Morgan fingerprint density at radius 2 is 1.81 bits per heavy atom. The maximum atomic E-state index is 9.72. The van der Waals surface area contributed by atoms with Gasteiger partial charge in [-0.1, -0.05) is 29.8 Å². The van der Waals surface area contributed by atoms with Gasteiger partial charge < -0.3 is 4.57 Å². The molecule has 4 heteroatoms. The van der Waals surface area contributed by atoms with Crippen molar-refractivity contribution >= 4 is 33.2 Å². The van der Waals surface area contributed by atoms with E-state index in [9.17, 15) is 5.26 Å². The number of thiazole rings is 1. The SMILES string of the molecule is Cc1ccc(-n2c(C)cc(/C=C(/C#N)c3nc4ccccc4s3)c2C)cc1. The lowest BCUT2D eigenvalue weighted by Crippen LogP contribution is -1.98. The second-order valence-electron chi connectivity index (χ2n) is 6.65. The third-order valence-corrected chi connectivity index (χ3v) is 5.78. The topological polar surface area (TPSA) is 41.6 Å². The zero-order valence-electron chi connectivity index (χ0n) is 15.5. The summed E-state index contributed by atoms with van der Waals surface area (Å²) in [4.78, 5) is 4.63. The molecule has 0 radical (unpaired) electrons. The van der Waals surface area contributed by atoms with Gasteiger partial charge in [0.1, 0.15) is 11.1 Å². The maximum Gasteiger partial charge on any atom is 0.135 e. The predicted molar refractivity (Wildman–Crippen MR) is 113 cm³/mol. The van der Waals surface area contributed by atoms with Crippen LogP contribution in [0.3, 0.4) is 0 Å². The standard InChI is InChI=1S/C23H19N3S/c1-15-8-10-20(11-9-15)26-16(2)12-18(17(26)3)13-19(14-24)23-25-21-6-4-5-7-22(21)27-23/h4-13H,1-3H3/b19-13-. The summed E-state index contributed by atoms with van der Waals surface area (Å²) in [6.45, 7) is 6.27. The minimum absolute atomic E-state index is 0.598. The molecule has 4 rings (SSSR count). The highest BCUT2D eigenvalue weighted by atomic mass is 32.1. The normalized spacial score (nSPS) is 11.7. The maximum absolute atomic E-state index is 9.72. The fourth-order valence-corrected chi connectivity index (χ4v) is 4.24. The molecule has 4 aromatic rings. The molecule has 0 bridgehead atoms. The van der Waals surface area contributed by atoms with E-state index in [4.69, 9.17) is 0 Å². The number of rotatable bonds is 3. The molecule has 0 aliphatic carbocycles. The molecule has 132 valence electrons. The summed E-state index contributed by atoms with van der Waals surface area (Å²) in [5.74, 6) is 0. The Kier molecular flexibility index (Phi) is 4.39. The van der Waals surface area contributed by atoms with Gasteiger partial charge in [-0.2, -0.15) is 5.26 Å². The number of aromatic nitrogens is 2. The van der Waals surface area contributed by atoms with Crippen LogP contribution in [-0.4, -0.2) is 9.55 Å². The number of hydrogen-bond donors (Lipinski definition) is 0. The monoisotopic (exact) mass is 369 g/mol. The van der Waals surface area contributed by atoms with E-state index in [0.29, 0.717) is 5.57 Å². The Labute approximate surface area is 162 Å². The Morgan fingerprint density at radius 1 is 1.07 bits per heavy atom. The summed E-state index contributed by atoms with van der Waals surface area (Å²) in [5, 5.41) is 10.5. The minimum Gasteiger partial charge on any atom is -0.318 e. The van der Waals surface area contributed by atoms with Crippen molar-refractivity contribution < 1.29 is 0 Å². The lowest BCUT2D eigenvalue weighted by Gasteiger charge is -2.10. The average Bonchev–Trinajstić information content (AvgIpc) is 3.21. The van der Waals surface area contributed by atoms with Gasteiger partial charge in [0.15, 0.2) is 0 Å². The molecule has 0 saturated carbocycles. The number of nitriles is 1. The molecule has 2 heterocycles. The van der Waals surface area contributed by atoms with Crippen molar-refractivity contribution in [1.29, 1.82) is 5.26 Å². The Bertz CT molecular complexity index is 1170. The van der Waals surface area contributed by atoms with Crippen LogP contribution in [0.1, 0.15) is 27.5 Å². The van der Waals surface area contributed by atoms with Gasteiger partial charge in [-0.3, -0.25) is 0 Å². The smallest absolute Gasteiger partial charge is 0.135 e. The van der Waals surface area contributed by atoms with Crippen LogP contribution >= 0.6 is 11.3 Å². The third-order valence-electron chi connectivity index (χ3n) is 4.71. The van der Waals surface area contributed by atoms with E-state index in [0.717, 1.165) is 37.9 Å². The van der Waals surface area contributed by atoms with Crippen LogP contribution in [0.15, 0.2) is 54.6 Å². The van der Waals surface area contributed by atoms with Gasteiger partial charge in [0.05, 0.1) is 15.8 Å². The summed E-state index contributed by atoms with van der Waals surface area (Å²) >= 11 is 1.56. The van der Waals surface area contributed by atoms with E-state index in [1.807, 2.05) is 30.3 Å². The summed E-state index contributed by atoms with van der Waals surface area (Å²) in [6.07, 6.45) is 1.95. The zero-order chi connectivity index (χ0) is 19.0. The molecule has 0 fully saturated rings. The lowest BCUT2D eigenvalue weighted by molar-refractivity contribution is 0.963. The summed E-state index contributed by atoms with van der Waals surface area (Å²) in [5.41, 5.74) is 7.21. The van der Waals surface area contributed by atoms with Crippen LogP contribution in [0.25, 0.3) is 27.6 Å². The van der Waals surface area contributed by atoms with E-state index in [1.165, 1.54) is 5.56 Å². The average molecular weight is 369 g/mol. The van der Waals surface area contributed by atoms with E-state index in [1.54, 1.807) is 11.3 Å². The quantitative estimate of drug-likeness (QED) is 0.411. The number of para-hydroxylation sites is 1. The first-order chi connectivity index (χ1) is 13.1. The molecule has 0 aliphatic heterocycles. The van der Waals surface area contributed by atoms with Gasteiger partial charge in [-0.05, 0) is 62.7 Å². The fourth-order valence-electron chi connectivity index (χ4n) is 3.31. The van der Waals surface area contributed by atoms with E-state index >= 15 is 0 Å². The Balaban J connectivity index is 1.79. The van der Waals surface area contributed by atoms with Gasteiger partial charge in [0, 0.05) is 17.1 Å². The van der Waals surface area contributed by atoms with Gasteiger partial charge in [0.25, 0.3) is 0 Å². The van der Waals surface area contributed by atoms with Crippen LogP contribution in [0.2, 0.25) is 0 Å². The van der Waals surface area contributed by atoms with Crippen LogP contribution in [0, 0.1) is 32.1 Å². The molecule has 0 aliphatic rings. The second-order valence-corrected chi connectivity index (χ2v) is 7.68. The van der Waals surface area contributed by atoms with Crippen LogP contribution in [-0.2, 0) is 0 Å². The number of fused-ring (bicyclic) bond motifs is 1. The van der Waals surface area contributed by atoms with Crippen molar-refractivity contribution in [2.75, 3.05) is 0 Å². The van der Waals surface area contributed by atoms with Crippen molar-refractivity contribution in [3.63, 3.8) is 0 Å². The van der Waals surface area contributed by atoms with Crippen molar-refractivity contribution in [3.05, 3.63) is 82.1 Å². The molecule has 2 aromatic heterocycles. The molecule has 3 nitrogen and oxygen atoms in total. The minimum atomic E-state index is 0.598. The van der Waals surface area contributed by atoms with Gasteiger partial charge in [-0.25, -0.2) is 4.98 Å². The molecular formula is C23H19N3S. The number of nitrogens with zero attached hydrogens (tertiary/aromatic N) is 3. The van der Waals surface area contributed by atoms with Crippen LogP contribution < -0.4 is 0 Å².